The molecule has 4 nitrogen and oxygen atoms in total. The van der Waals surface area contributed by atoms with Crippen LogP contribution >= 0.6 is 15.9 Å². The zero-order valence-electron chi connectivity index (χ0n) is 10.8. The third-order valence-corrected chi connectivity index (χ3v) is 5.54. The lowest BCUT2D eigenvalue weighted by Gasteiger charge is -2.12. The Morgan fingerprint density at radius 3 is 2.68 bits per heavy atom. The van der Waals surface area contributed by atoms with Crippen molar-refractivity contribution in [2.75, 3.05) is 11.1 Å². The number of benzene rings is 1. The first kappa shape index (κ1) is 15.9. The molecule has 0 aliphatic carbocycles. The second-order valence-corrected chi connectivity index (χ2v) is 7.43. The minimum absolute atomic E-state index is 0.209. The molecule has 0 saturated carbocycles. The lowest BCUT2D eigenvalue weighted by molar-refractivity contribution is -0.115. The lowest BCUT2D eigenvalue weighted by atomic mass is 10.2. The van der Waals surface area contributed by atoms with Crippen LogP contribution in [0.25, 0.3) is 0 Å². The van der Waals surface area contributed by atoms with E-state index in [4.69, 9.17) is 0 Å². The summed E-state index contributed by atoms with van der Waals surface area (Å²) in [6.45, 7) is 6.67. The van der Waals surface area contributed by atoms with E-state index >= 15 is 0 Å². The lowest BCUT2D eigenvalue weighted by Crippen LogP contribution is -2.33. The van der Waals surface area contributed by atoms with Crippen LogP contribution in [0, 0.1) is 6.92 Å². The minimum Gasteiger partial charge on any atom is -0.325 e. The van der Waals surface area contributed by atoms with E-state index in [9.17, 15) is 13.2 Å². The summed E-state index contributed by atoms with van der Waals surface area (Å²) in [6, 6.07) is 5.30. The van der Waals surface area contributed by atoms with Gasteiger partial charge in [-0.3, -0.25) is 4.79 Å². The Kier molecular flexibility index (Phi) is 5.31. The van der Waals surface area contributed by atoms with Gasteiger partial charge in [-0.2, -0.15) is 0 Å². The van der Waals surface area contributed by atoms with Crippen molar-refractivity contribution in [1.29, 1.82) is 0 Å². The summed E-state index contributed by atoms with van der Waals surface area (Å²) in [6.07, 6.45) is 1.28. The fourth-order valence-electron chi connectivity index (χ4n) is 1.39. The molecule has 1 aromatic rings. The zero-order valence-corrected chi connectivity index (χ0v) is 13.2. The van der Waals surface area contributed by atoms with Gasteiger partial charge in [-0.15, -0.1) is 6.58 Å². The van der Waals surface area contributed by atoms with Crippen molar-refractivity contribution >= 4 is 37.4 Å². The Morgan fingerprint density at radius 2 is 2.16 bits per heavy atom. The smallest absolute Gasteiger partial charge is 0.242 e. The predicted octanol–water partition coefficient (Wildman–Crippen LogP) is 2.69. The van der Waals surface area contributed by atoms with E-state index in [0.29, 0.717) is 5.69 Å². The Labute approximate surface area is 122 Å². The molecule has 1 N–H and O–H groups in total. The van der Waals surface area contributed by atoms with Gasteiger partial charge in [0.15, 0.2) is 9.84 Å². The highest BCUT2D eigenvalue weighted by Gasteiger charge is 2.26. The number of halogens is 1. The van der Waals surface area contributed by atoms with Crippen LogP contribution in [0.5, 0.6) is 0 Å². The molecule has 0 aromatic heterocycles. The van der Waals surface area contributed by atoms with Gasteiger partial charge in [0.25, 0.3) is 0 Å². The van der Waals surface area contributed by atoms with Crippen molar-refractivity contribution in [3.63, 3.8) is 0 Å². The van der Waals surface area contributed by atoms with Crippen LogP contribution in [0.4, 0.5) is 5.69 Å². The van der Waals surface area contributed by atoms with Crippen molar-refractivity contribution in [2.24, 2.45) is 0 Å². The van der Waals surface area contributed by atoms with E-state index in [1.807, 2.05) is 13.0 Å². The van der Waals surface area contributed by atoms with Crippen LogP contribution in [0.2, 0.25) is 0 Å². The van der Waals surface area contributed by atoms with Gasteiger partial charge in [-0.25, -0.2) is 8.42 Å². The fraction of sp³-hybridized carbons (Fsp3) is 0.308. The largest absolute Gasteiger partial charge is 0.325 e. The van der Waals surface area contributed by atoms with E-state index in [1.165, 1.54) is 13.0 Å². The molecule has 1 unspecified atom stereocenters. The molecule has 0 radical (unpaired) electrons. The van der Waals surface area contributed by atoms with E-state index in [2.05, 4.69) is 27.8 Å². The molecule has 0 saturated heterocycles. The minimum atomic E-state index is -3.49. The number of anilines is 1. The topological polar surface area (TPSA) is 63.2 Å². The predicted molar refractivity (Wildman–Crippen MR) is 81.0 cm³/mol. The molecule has 0 aliphatic heterocycles. The second kappa shape index (κ2) is 6.34. The maximum absolute atomic E-state index is 11.9. The van der Waals surface area contributed by atoms with Gasteiger partial charge in [0.05, 0.1) is 5.75 Å². The average molecular weight is 346 g/mol. The molecular weight excluding hydrogens is 330 g/mol. The molecule has 0 aliphatic rings. The SMILES string of the molecule is C=CCS(=O)(=O)C(C)C(=O)Nc1ccc(C)c(Br)c1. The monoisotopic (exact) mass is 345 g/mol. The van der Waals surface area contributed by atoms with Crippen LogP contribution in [0.1, 0.15) is 12.5 Å². The normalized spacial score (nSPS) is 12.8. The summed E-state index contributed by atoms with van der Waals surface area (Å²) in [7, 11) is -3.49. The Hall–Kier alpha value is -1.14. The highest BCUT2D eigenvalue weighted by atomic mass is 79.9. The first-order valence-corrected chi connectivity index (χ1v) is 8.18. The summed E-state index contributed by atoms with van der Waals surface area (Å²) in [5.41, 5.74) is 1.59. The van der Waals surface area contributed by atoms with Gasteiger partial charge < -0.3 is 5.32 Å². The summed E-state index contributed by atoms with van der Waals surface area (Å²) < 4.78 is 24.3. The molecule has 1 rings (SSSR count). The Morgan fingerprint density at radius 1 is 1.53 bits per heavy atom. The van der Waals surface area contributed by atoms with Crippen molar-refractivity contribution in [1.82, 2.24) is 0 Å². The van der Waals surface area contributed by atoms with Crippen LogP contribution in [0.3, 0.4) is 0 Å². The molecule has 0 heterocycles. The maximum atomic E-state index is 11.9. The zero-order chi connectivity index (χ0) is 14.6. The van der Waals surface area contributed by atoms with Gasteiger partial charge in [-0.05, 0) is 31.5 Å². The molecule has 6 heteroatoms. The van der Waals surface area contributed by atoms with Gasteiger partial charge in [0.1, 0.15) is 5.25 Å². The number of rotatable bonds is 5. The van der Waals surface area contributed by atoms with Gasteiger partial charge >= 0.3 is 0 Å². The van der Waals surface area contributed by atoms with Crippen molar-refractivity contribution in [2.45, 2.75) is 19.1 Å². The van der Waals surface area contributed by atoms with E-state index in [1.54, 1.807) is 12.1 Å². The first-order valence-electron chi connectivity index (χ1n) is 5.67. The van der Waals surface area contributed by atoms with Gasteiger partial charge in [-0.1, -0.05) is 28.1 Å². The molecule has 19 heavy (non-hydrogen) atoms. The van der Waals surface area contributed by atoms with E-state index in [0.717, 1.165) is 10.0 Å². The molecule has 1 atom stereocenters. The van der Waals surface area contributed by atoms with E-state index in [-0.39, 0.29) is 5.75 Å². The van der Waals surface area contributed by atoms with Gasteiger partial charge in [0.2, 0.25) is 5.91 Å². The van der Waals surface area contributed by atoms with Crippen LogP contribution in [-0.2, 0) is 14.6 Å². The molecular formula is C13H16BrNO3S. The second-order valence-electron chi connectivity index (χ2n) is 4.21. The Bertz CT molecular complexity index is 596. The third kappa shape index (κ3) is 4.18. The van der Waals surface area contributed by atoms with Gasteiger partial charge in [0, 0.05) is 10.2 Å². The number of hydrogen-bond donors (Lipinski definition) is 1. The number of carbonyl (C=O) groups excluding carboxylic acids is 1. The van der Waals surface area contributed by atoms with Crippen molar-refractivity contribution in [3.05, 3.63) is 40.9 Å². The standard InChI is InChI=1S/C13H16BrNO3S/c1-4-7-19(17,18)10(3)13(16)15-11-6-5-9(2)12(14)8-11/h4-6,8,10H,1,7H2,2-3H3,(H,15,16). The number of nitrogens with one attached hydrogen (secondary N) is 1. The number of aryl methyl sites for hydroxylation is 1. The average Bonchev–Trinajstić information content (AvgIpc) is 2.32. The summed E-state index contributed by atoms with van der Waals surface area (Å²) in [4.78, 5) is 11.9. The highest BCUT2D eigenvalue weighted by molar-refractivity contribution is 9.10. The molecule has 1 aromatic carbocycles. The number of sulfone groups is 1. The van der Waals surface area contributed by atoms with Crippen LogP contribution in [0.15, 0.2) is 35.3 Å². The summed E-state index contributed by atoms with van der Waals surface area (Å²) >= 11 is 3.35. The van der Waals surface area contributed by atoms with Crippen molar-refractivity contribution in [3.8, 4) is 0 Å². The van der Waals surface area contributed by atoms with Crippen LogP contribution in [-0.4, -0.2) is 25.3 Å². The number of amides is 1. The fourth-order valence-corrected chi connectivity index (χ4v) is 2.77. The third-order valence-electron chi connectivity index (χ3n) is 2.70. The van der Waals surface area contributed by atoms with Crippen molar-refractivity contribution < 1.29 is 13.2 Å². The van der Waals surface area contributed by atoms with Crippen LogP contribution < -0.4 is 5.32 Å². The first-order chi connectivity index (χ1) is 8.77. The quantitative estimate of drug-likeness (QED) is 0.834. The maximum Gasteiger partial charge on any atom is 0.242 e. The molecule has 0 fully saturated rings. The number of hydrogen-bond acceptors (Lipinski definition) is 3. The summed E-state index contributed by atoms with van der Waals surface area (Å²) in [5.74, 6) is -0.753. The Balaban J connectivity index is 2.85. The summed E-state index contributed by atoms with van der Waals surface area (Å²) in [5, 5.41) is 1.49. The number of carbonyl (C=O) groups is 1. The van der Waals surface area contributed by atoms with E-state index < -0.39 is 21.0 Å². The molecule has 0 spiro atoms. The highest BCUT2D eigenvalue weighted by Crippen LogP contribution is 2.21. The molecule has 0 bridgehead atoms. The molecule has 104 valence electrons. The molecule has 1 amide bonds.